The molecule has 1 spiro atoms. The summed E-state index contributed by atoms with van der Waals surface area (Å²) in [4.78, 5) is 4.74. The molecule has 4 heterocycles. The Labute approximate surface area is 235 Å². The van der Waals surface area contributed by atoms with Crippen molar-refractivity contribution < 1.29 is 31.4 Å². The fourth-order valence-electron chi connectivity index (χ4n) is 5.48. The molecule has 14 heteroatoms. The fourth-order valence-corrected chi connectivity index (χ4v) is 7.68. The van der Waals surface area contributed by atoms with Gasteiger partial charge in [0.2, 0.25) is 20.0 Å². The quantitative estimate of drug-likeness (QED) is 0.294. The van der Waals surface area contributed by atoms with E-state index in [1.807, 2.05) is 0 Å². The highest BCUT2D eigenvalue weighted by atomic mass is 32.2. The van der Waals surface area contributed by atoms with Gasteiger partial charge in [-0.3, -0.25) is 4.98 Å². The molecule has 2 fully saturated rings. The Morgan fingerprint density at radius 3 is 2.80 bits per heavy atom. The molecule has 0 aliphatic carbocycles. The number of fused-ring (bicyclic) bond motifs is 1. The van der Waals surface area contributed by atoms with Crippen molar-refractivity contribution in [2.75, 3.05) is 46.4 Å². The van der Waals surface area contributed by atoms with E-state index < -0.39 is 26.2 Å². The highest BCUT2D eigenvalue weighted by Crippen LogP contribution is 2.37. The van der Waals surface area contributed by atoms with Gasteiger partial charge in [0, 0.05) is 63.1 Å². The summed E-state index contributed by atoms with van der Waals surface area (Å²) in [6.07, 6.45) is 3.39. The standard InChI is InChI=1S/C26H37N5O7S2/c1-27-39(33,34)23-4-2-3-22(12-23)37-18-21(32)15-29-20-13-26(38-17-20)6-9-31(10-7-26)40(35,36)24-11-19-14-28-8-5-25(19)30-16-24/h2-4,11-12,16,20-21,27-29,32H,5-10,13-15,17-18H2,1H3. The average molecular weight is 596 g/mol. The average Bonchev–Trinajstić information content (AvgIpc) is 3.37. The second-order valence-electron chi connectivity index (χ2n) is 10.6. The first kappa shape index (κ1) is 29.3. The molecule has 0 amide bonds. The van der Waals surface area contributed by atoms with Crippen LogP contribution in [-0.2, 0) is 37.7 Å². The molecule has 2 saturated heterocycles. The summed E-state index contributed by atoms with van der Waals surface area (Å²) in [5, 5.41) is 17.0. The number of aromatic nitrogens is 1. The van der Waals surface area contributed by atoms with Crippen LogP contribution in [0.3, 0.4) is 0 Å². The van der Waals surface area contributed by atoms with E-state index in [1.54, 1.807) is 18.2 Å². The SMILES string of the molecule is CNS(=O)(=O)c1cccc(OCC(O)CNC2COC3(CCN(S(=O)(=O)c4cnc5c(c4)CNCC5)CC3)C2)c1. The lowest BCUT2D eigenvalue weighted by Gasteiger charge is -2.38. The van der Waals surface area contributed by atoms with Gasteiger partial charge in [-0.15, -0.1) is 0 Å². The molecular formula is C26H37N5O7S2. The number of ether oxygens (including phenoxy) is 2. The molecule has 1 aromatic heterocycles. The molecule has 2 aromatic rings. The number of piperidine rings is 1. The number of nitrogens with one attached hydrogen (secondary N) is 3. The van der Waals surface area contributed by atoms with Gasteiger partial charge in [-0.2, -0.15) is 4.31 Å². The molecule has 2 unspecified atom stereocenters. The van der Waals surface area contributed by atoms with Crippen LogP contribution in [0.5, 0.6) is 5.75 Å². The van der Waals surface area contributed by atoms with Crippen molar-refractivity contribution in [1.82, 2.24) is 24.6 Å². The van der Waals surface area contributed by atoms with Gasteiger partial charge in [-0.05, 0) is 50.1 Å². The van der Waals surface area contributed by atoms with E-state index in [0.29, 0.717) is 44.8 Å². The minimum atomic E-state index is -3.63. The van der Waals surface area contributed by atoms with Crippen LogP contribution < -0.4 is 20.1 Å². The van der Waals surface area contributed by atoms with E-state index in [0.717, 1.165) is 30.6 Å². The van der Waals surface area contributed by atoms with Crippen molar-refractivity contribution in [3.8, 4) is 5.75 Å². The zero-order valence-electron chi connectivity index (χ0n) is 22.5. The molecule has 0 radical (unpaired) electrons. The Hall–Kier alpha value is -2.17. The fraction of sp³-hybridized carbons (Fsp3) is 0.577. The number of benzene rings is 1. The number of hydrogen-bond acceptors (Lipinski definition) is 10. The topological polar surface area (TPSA) is 159 Å². The van der Waals surface area contributed by atoms with Crippen LogP contribution in [0, 0.1) is 0 Å². The molecule has 4 N–H and O–H groups in total. The number of aliphatic hydroxyl groups is 1. The van der Waals surface area contributed by atoms with E-state index in [-0.39, 0.29) is 34.6 Å². The summed E-state index contributed by atoms with van der Waals surface area (Å²) >= 11 is 0. The van der Waals surface area contributed by atoms with Crippen molar-refractivity contribution in [3.05, 3.63) is 47.8 Å². The highest BCUT2D eigenvalue weighted by molar-refractivity contribution is 7.89. The molecule has 3 aliphatic rings. The zero-order valence-corrected chi connectivity index (χ0v) is 24.1. The van der Waals surface area contributed by atoms with Crippen molar-refractivity contribution in [1.29, 1.82) is 0 Å². The van der Waals surface area contributed by atoms with Gasteiger partial charge in [0.05, 0.1) is 17.1 Å². The molecule has 12 nitrogen and oxygen atoms in total. The third kappa shape index (κ3) is 6.49. The maximum Gasteiger partial charge on any atom is 0.244 e. The lowest BCUT2D eigenvalue weighted by molar-refractivity contribution is -0.0312. The normalized spacial score (nSPS) is 22.2. The molecule has 1 aromatic carbocycles. The molecule has 2 atom stereocenters. The maximum absolute atomic E-state index is 13.3. The number of aliphatic hydroxyl groups excluding tert-OH is 1. The molecular weight excluding hydrogens is 558 g/mol. The van der Waals surface area contributed by atoms with E-state index >= 15 is 0 Å². The predicted molar refractivity (Wildman–Crippen MR) is 147 cm³/mol. The smallest absolute Gasteiger partial charge is 0.244 e. The number of nitrogens with zero attached hydrogens (tertiary/aromatic N) is 2. The van der Waals surface area contributed by atoms with Crippen molar-refractivity contribution in [2.24, 2.45) is 0 Å². The van der Waals surface area contributed by atoms with E-state index in [4.69, 9.17) is 9.47 Å². The summed E-state index contributed by atoms with van der Waals surface area (Å²) in [5.74, 6) is 0.350. The minimum Gasteiger partial charge on any atom is -0.491 e. The Balaban J connectivity index is 1.08. The molecule has 0 bridgehead atoms. The highest BCUT2D eigenvalue weighted by Gasteiger charge is 2.44. The van der Waals surface area contributed by atoms with Gasteiger partial charge < -0.3 is 25.2 Å². The Bertz CT molecular complexity index is 1410. The van der Waals surface area contributed by atoms with Gasteiger partial charge in [0.1, 0.15) is 23.4 Å². The second-order valence-corrected chi connectivity index (χ2v) is 14.4. The lowest BCUT2D eigenvalue weighted by Crippen LogP contribution is -2.47. The van der Waals surface area contributed by atoms with Crippen molar-refractivity contribution in [2.45, 2.75) is 59.8 Å². The second kappa shape index (κ2) is 12.0. The summed E-state index contributed by atoms with van der Waals surface area (Å²) in [6, 6.07) is 7.87. The lowest BCUT2D eigenvalue weighted by atomic mass is 9.88. The van der Waals surface area contributed by atoms with Crippen molar-refractivity contribution in [3.63, 3.8) is 0 Å². The van der Waals surface area contributed by atoms with Crippen LogP contribution in [0.15, 0.2) is 46.3 Å². The first-order valence-electron chi connectivity index (χ1n) is 13.5. The number of pyridine rings is 1. The molecule has 40 heavy (non-hydrogen) atoms. The van der Waals surface area contributed by atoms with Crippen LogP contribution in [0.4, 0.5) is 0 Å². The molecule has 3 aliphatic heterocycles. The first-order valence-corrected chi connectivity index (χ1v) is 16.4. The maximum atomic E-state index is 13.3. The third-order valence-corrected chi connectivity index (χ3v) is 11.1. The van der Waals surface area contributed by atoms with Crippen LogP contribution in [0.2, 0.25) is 0 Å². The van der Waals surface area contributed by atoms with Crippen LogP contribution in [-0.4, -0.2) is 95.4 Å². The van der Waals surface area contributed by atoms with Gasteiger partial charge >= 0.3 is 0 Å². The Morgan fingerprint density at radius 1 is 1.23 bits per heavy atom. The number of rotatable bonds is 10. The van der Waals surface area contributed by atoms with Gasteiger partial charge in [-0.1, -0.05) is 6.07 Å². The molecule has 0 saturated carbocycles. The monoisotopic (exact) mass is 595 g/mol. The Morgan fingerprint density at radius 2 is 2.02 bits per heavy atom. The largest absolute Gasteiger partial charge is 0.491 e. The van der Waals surface area contributed by atoms with Gasteiger partial charge in [0.25, 0.3) is 0 Å². The minimum absolute atomic E-state index is 0.00475. The number of sulfonamides is 2. The number of hydrogen-bond donors (Lipinski definition) is 4. The van der Waals surface area contributed by atoms with Gasteiger partial charge in [0.15, 0.2) is 0 Å². The summed E-state index contributed by atoms with van der Waals surface area (Å²) < 4.78 is 66.1. The van der Waals surface area contributed by atoms with Crippen LogP contribution >= 0.6 is 0 Å². The summed E-state index contributed by atoms with van der Waals surface area (Å²) in [6.45, 7) is 2.99. The summed E-state index contributed by atoms with van der Waals surface area (Å²) in [5.41, 5.74) is 1.51. The predicted octanol–water partition coefficient (Wildman–Crippen LogP) is -0.0229. The first-order chi connectivity index (χ1) is 19.1. The zero-order chi connectivity index (χ0) is 28.4. The third-order valence-electron chi connectivity index (χ3n) is 7.84. The Kier molecular flexibility index (Phi) is 8.78. The van der Waals surface area contributed by atoms with Gasteiger partial charge in [-0.25, -0.2) is 21.6 Å². The summed E-state index contributed by atoms with van der Waals surface area (Å²) in [7, 11) is -5.87. The van der Waals surface area contributed by atoms with E-state index in [1.165, 1.54) is 29.7 Å². The van der Waals surface area contributed by atoms with Crippen LogP contribution in [0.25, 0.3) is 0 Å². The van der Waals surface area contributed by atoms with Crippen molar-refractivity contribution >= 4 is 20.0 Å². The van der Waals surface area contributed by atoms with E-state index in [2.05, 4.69) is 20.3 Å². The molecule has 5 rings (SSSR count). The molecule has 220 valence electrons. The van der Waals surface area contributed by atoms with E-state index in [9.17, 15) is 21.9 Å². The van der Waals surface area contributed by atoms with Crippen LogP contribution in [0.1, 0.15) is 30.5 Å².